The summed E-state index contributed by atoms with van der Waals surface area (Å²) in [5.41, 5.74) is 1.22. The second kappa shape index (κ2) is 6.86. The molecule has 5 nitrogen and oxygen atoms in total. The molecule has 26 heavy (non-hydrogen) atoms. The van der Waals surface area contributed by atoms with Crippen LogP contribution in [0.5, 0.6) is 0 Å². The van der Waals surface area contributed by atoms with E-state index in [0.29, 0.717) is 17.2 Å². The second-order valence-corrected chi connectivity index (χ2v) is 8.04. The number of likely N-dealkylation sites (tertiary alicyclic amines) is 1. The Balaban J connectivity index is 1.52. The lowest BCUT2D eigenvalue weighted by Crippen LogP contribution is -2.35. The molecule has 0 N–H and O–H groups in total. The Hall–Kier alpha value is -2.17. The van der Waals surface area contributed by atoms with Crippen LogP contribution in [0, 0.1) is 17.8 Å². The Morgan fingerprint density at radius 2 is 1.58 bits per heavy atom. The highest BCUT2D eigenvalue weighted by Crippen LogP contribution is 2.42. The van der Waals surface area contributed by atoms with Crippen LogP contribution < -0.4 is 4.90 Å². The number of rotatable bonds is 2. The molecule has 1 aliphatic carbocycles. The topological polar surface area (TPSA) is 57.7 Å². The van der Waals surface area contributed by atoms with Crippen molar-refractivity contribution in [1.82, 2.24) is 4.90 Å². The van der Waals surface area contributed by atoms with Crippen molar-refractivity contribution < 1.29 is 14.4 Å². The van der Waals surface area contributed by atoms with E-state index in [9.17, 15) is 14.4 Å². The first-order valence-corrected chi connectivity index (χ1v) is 9.83. The Labute approximate surface area is 154 Å². The van der Waals surface area contributed by atoms with Crippen LogP contribution in [0.1, 0.15) is 55.8 Å². The maximum absolute atomic E-state index is 12.8. The molecule has 3 amide bonds. The number of piperidine rings is 1. The molecule has 138 valence electrons. The van der Waals surface area contributed by atoms with E-state index in [1.165, 1.54) is 11.3 Å². The van der Waals surface area contributed by atoms with Crippen LogP contribution in [0.3, 0.4) is 0 Å². The highest BCUT2D eigenvalue weighted by molar-refractivity contribution is 6.22. The van der Waals surface area contributed by atoms with Crippen molar-refractivity contribution >= 4 is 23.4 Å². The van der Waals surface area contributed by atoms with Gasteiger partial charge in [-0.25, -0.2) is 0 Å². The SMILES string of the molecule is C[C@@H]1CC[C@H]2C(=O)N(c3ccc(C(=O)N4CCCCC4)cc3)C(=O)[C@@H]2C1. The summed E-state index contributed by atoms with van der Waals surface area (Å²) in [7, 11) is 0. The lowest BCUT2D eigenvalue weighted by atomic mass is 9.76. The van der Waals surface area contributed by atoms with E-state index < -0.39 is 0 Å². The summed E-state index contributed by atoms with van der Waals surface area (Å²) >= 11 is 0. The van der Waals surface area contributed by atoms with Gasteiger partial charge in [0, 0.05) is 18.7 Å². The predicted octanol–water partition coefficient (Wildman–Crippen LogP) is 3.24. The van der Waals surface area contributed by atoms with E-state index in [1.807, 2.05) is 4.90 Å². The first kappa shape index (κ1) is 17.3. The molecule has 3 atom stereocenters. The van der Waals surface area contributed by atoms with Crippen molar-refractivity contribution in [2.75, 3.05) is 18.0 Å². The minimum absolute atomic E-state index is 0.0396. The minimum Gasteiger partial charge on any atom is -0.339 e. The Bertz CT molecular complexity index is 721. The molecular formula is C21H26N2O3. The molecule has 0 spiro atoms. The number of hydrogen-bond donors (Lipinski definition) is 0. The van der Waals surface area contributed by atoms with Gasteiger partial charge in [-0.3, -0.25) is 19.3 Å². The van der Waals surface area contributed by atoms with Crippen LogP contribution in [0.15, 0.2) is 24.3 Å². The quantitative estimate of drug-likeness (QED) is 0.766. The predicted molar refractivity (Wildman–Crippen MR) is 98.7 cm³/mol. The van der Waals surface area contributed by atoms with Gasteiger partial charge in [0.15, 0.2) is 0 Å². The largest absolute Gasteiger partial charge is 0.339 e. The number of nitrogens with zero attached hydrogens (tertiary/aromatic N) is 2. The summed E-state index contributed by atoms with van der Waals surface area (Å²) < 4.78 is 0. The van der Waals surface area contributed by atoms with Gasteiger partial charge in [0.2, 0.25) is 11.8 Å². The van der Waals surface area contributed by atoms with Crippen molar-refractivity contribution in [3.05, 3.63) is 29.8 Å². The van der Waals surface area contributed by atoms with Gasteiger partial charge < -0.3 is 4.90 Å². The number of fused-ring (bicyclic) bond motifs is 1. The van der Waals surface area contributed by atoms with Crippen LogP contribution in [-0.4, -0.2) is 35.7 Å². The third-order valence-corrected chi connectivity index (χ3v) is 6.20. The Morgan fingerprint density at radius 3 is 2.27 bits per heavy atom. The Kier molecular flexibility index (Phi) is 4.55. The fourth-order valence-corrected chi connectivity index (χ4v) is 4.68. The summed E-state index contributed by atoms with van der Waals surface area (Å²) in [5.74, 6) is 0.0771. The van der Waals surface area contributed by atoms with Gasteiger partial charge in [-0.15, -0.1) is 0 Å². The summed E-state index contributed by atoms with van der Waals surface area (Å²) in [4.78, 5) is 41.4. The molecule has 0 radical (unpaired) electrons. The number of hydrogen-bond acceptors (Lipinski definition) is 3. The molecule has 5 heteroatoms. The maximum Gasteiger partial charge on any atom is 0.253 e. The van der Waals surface area contributed by atoms with E-state index in [1.54, 1.807) is 24.3 Å². The molecule has 1 saturated carbocycles. The summed E-state index contributed by atoms with van der Waals surface area (Å²) in [6.07, 6.45) is 5.92. The van der Waals surface area contributed by atoms with E-state index >= 15 is 0 Å². The van der Waals surface area contributed by atoms with Gasteiger partial charge in [-0.2, -0.15) is 0 Å². The zero-order chi connectivity index (χ0) is 18.3. The molecule has 2 aliphatic heterocycles. The zero-order valence-corrected chi connectivity index (χ0v) is 15.3. The molecule has 0 bridgehead atoms. The molecule has 2 heterocycles. The fraction of sp³-hybridized carbons (Fsp3) is 0.571. The van der Waals surface area contributed by atoms with Gasteiger partial charge >= 0.3 is 0 Å². The summed E-state index contributed by atoms with van der Waals surface area (Å²) in [5, 5.41) is 0. The molecule has 3 fully saturated rings. The van der Waals surface area contributed by atoms with Crippen molar-refractivity contribution in [3.63, 3.8) is 0 Å². The highest BCUT2D eigenvalue weighted by Gasteiger charge is 2.49. The van der Waals surface area contributed by atoms with Crippen LogP contribution >= 0.6 is 0 Å². The third-order valence-electron chi connectivity index (χ3n) is 6.20. The molecule has 2 saturated heterocycles. The standard InChI is InChI=1S/C21H26N2O3/c1-14-5-10-17-18(13-14)21(26)23(20(17)25)16-8-6-15(7-9-16)19(24)22-11-3-2-4-12-22/h6-9,14,17-18H,2-5,10-13H2,1H3/t14-,17-,18-/m1/s1. The number of carbonyl (C=O) groups is 3. The molecular weight excluding hydrogens is 328 g/mol. The van der Waals surface area contributed by atoms with Crippen LogP contribution in [-0.2, 0) is 9.59 Å². The zero-order valence-electron chi connectivity index (χ0n) is 15.3. The molecule has 4 rings (SSSR count). The average molecular weight is 354 g/mol. The normalized spacial score (nSPS) is 29.0. The summed E-state index contributed by atoms with van der Waals surface area (Å²) in [6, 6.07) is 6.98. The van der Waals surface area contributed by atoms with E-state index in [4.69, 9.17) is 0 Å². The van der Waals surface area contributed by atoms with Gasteiger partial charge in [0.25, 0.3) is 5.91 Å². The minimum atomic E-state index is -0.166. The van der Waals surface area contributed by atoms with Gasteiger partial charge in [-0.1, -0.05) is 6.92 Å². The monoisotopic (exact) mass is 354 g/mol. The van der Waals surface area contributed by atoms with Crippen LogP contribution in [0.25, 0.3) is 0 Å². The number of benzene rings is 1. The van der Waals surface area contributed by atoms with Crippen molar-refractivity contribution in [2.24, 2.45) is 17.8 Å². The molecule has 1 aromatic carbocycles. The number of carbonyl (C=O) groups excluding carboxylic acids is 3. The fourth-order valence-electron chi connectivity index (χ4n) is 4.68. The van der Waals surface area contributed by atoms with E-state index in [2.05, 4.69) is 6.92 Å². The van der Waals surface area contributed by atoms with E-state index in [-0.39, 0.29) is 29.6 Å². The van der Waals surface area contributed by atoms with Crippen molar-refractivity contribution in [3.8, 4) is 0 Å². The first-order valence-electron chi connectivity index (χ1n) is 9.83. The maximum atomic E-state index is 12.8. The molecule has 0 unspecified atom stereocenters. The van der Waals surface area contributed by atoms with Gasteiger partial charge in [0.05, 0.1) is 17.5 Å². The van der Waals surface area contributed by atoms with Crippen LogP contribution in [0.4, 0.5) is 5.69 Å². The highest BCUT2D eigenvalue weighted by atomic mass is 16.2. The number of imide groups is 1. The van der Waals surface area contributed by atoms with Crippen molar-refractivity contribution in [2.45, 2.75) is 45.4 Å². The lowest BCUT2D eigenvalue weighted by molar-refractivity contribution is -0.122. The van der Waals surface area contributed by atoms with Gasteiger partial charge in [0.1, 0.15) is 0 Å². The van der Waals surface area contributed by atoms with Crippen LogP contribution in [0.2, 0.25) is 0 Å². The first-order chi connectivity index (χ1) is 12.6. The van der Waals surface area contributed by atoms with Gasteiger partial charge in [-0.05, 0) is 68.7 Å². The van der Waals surface area contributed by atoms with Crippen molar-refractivity contribution in [1.29, 1.82) is 0 Å². The third kappa shape index (κ3) is 2.93. The molecule has 1 aromatic rings. The lowest BCUT2D eigenvalue weighted by Gasteiger charge is -2.26. The second-order valence-electron chi connectivity index (χ2n) is 8.04. The number of anilines is 1. The summed E-state index contributed by atoms with van der Waals surface area (Å²) in [6.45, 7) is 3.77. The molecule has 3 aliphatic rings. The van der Waals surface area contributed by atoms with E-state index in [0.717, 1.165) is 45.2 Å². The number of amides is 3. The average Bonchev–Trinajstić information content (AvgIpc) is 2.92. The Morgan fingerprint density at radius 1 is 0.923 bits per heavy atom. The smallest absolute Gasteiger partial charge is 0.253 e. The molecule has 0 aromatic heterocycles.